The van der Waals surface area contributed by atoms with Gasteiger partial charge in [0.15, 0.2) is 0 Å². The van der Waals surface area contributed by atoms with E-state index in [4.69, 9.17) is 5.41 Å². The van der Waals surface area contributed by atoms with Crippen LogP contribution in [0, 0.1) is 5.41 Å². The zero-order valence-corrected chi connectivity index (χ0v) is 15.6. The van der Waals surface area contributed by atoms with Crippen LogP contribution in [0.15, 0.2) is 72.2 Å². The van der Waals surface area contributed by atoms with Crippen molar-refractivity contribution in [2.45, 2.75) is 6.54 Å². The molecule has 6 nitrogen and oxygen atoms in total. The number of nitrogens with one attached hydrogen (secondary N) is 1. The van der Waals surface area contributed by atoms with E-state index in [1.165, 1.54) is 15.7 Å². The fourth-order valence-electron chi connectivity index (χ4n) is 3.34. The van der Waals surface area contributed by atoms with E-state index in [1.54, 1.807) is 35.0 Å². The summed E-state index contributed by atoms with van der Waals surface area (Å²) in [7, 11) is 0. The Balaban J connectivity index is 1.92. The van der Waals surface area contributed by atoms with Crippen molar-refractivity contribution in [2.75, 3.05) is 0 Å². The Morgan fingerprint density at radius 2 is 1.96 bits per heavy atom. The Hall–Kier alpha value is -3.58. The van der Waals surface area contributed by atoms with Crippen molar-refractivity contribution in [1.29, 1.82) is 5.41 Å². The molecule has 0 spiro atoms. The van der Waals surface area contributed by atoms with Crippen LogP contribution in [0.5, 0.6) is 0 Å². The van der Waals surface area contributed by atoms with Gasteiger partial charge in [-0.2, -0.15) is 0 Å². The summed E-state index contributed by atoms with van der Waals surface area (Å²) in [5, 5.41) is 9.92. The molecule has 0 unspecified atom stereocenters. The van der Waals surface area contributed by atoms with E-state index in [9.17, 15) is 4.79 Å². The lowest BCUT2D eigenvalue weighted by Crippen LogP contribution is -2.26. The van der Waals surface area contributed by atoms with Crippen LogP contribution in [0.4, 0.5) is 0 Å². The number of thiazole rings is 1. The van der Waals surface area contributed by atoms with Gasteiger partial charge in [-0.1, -0.05) is 24.3 Å². The number of rotatable bonds is 3. The summed E-state index contributed by atoms with van der Waals surface area (Å²) < 4.78 is 4.27. The maximum absolute atomic E-state index is 13.1. The molecule has 0 amide bonds. The predicted octanol–water partition coefficient (Wildman–Crippen LogP) is 3.59. The second-order valence-electron chi connectivity index (χ2n) is 6.38. The summed E-state index contributed by atoms with van der Waals surface area (Å²) in [5.74, 6) is 0. The highest BCUT2D eigenvalue weighted by molar-refractivity contribution is 7.21. The first-order valence-corrected chi connectivity index (χ1v) is 9.55. The van der Waals surface area contributed by atoms with E-state index in [0.717, 1.165) is 10.2 Å². The van der Waals surface area contributed by atoms with Crippen molar-refractivity contribution in [2.24, 2.45) is 0 Å². The first-order valence-electron chi connectivity index (χ1n) is 8.74. The third-order valence-corrected chi connectivity index (χ3v) is 5.72. The Bertz CT molecular complexity index is 1480. The number of nitrogens with zero attached hydrogens (tertiary/aromatic N) is 4. The second kappa shape index (κ2) is 6.24. The monoisotopic (exact) mass is 385 g/mol. The number of pyridine rings is 2. The van der Waals surface area contributed by atoms with E-state index in [1.807, 2.05) is 30.3 Å². The van der Waals surface area contributed by atoms with Crippen molar-refractivity contribution >= 4 is 38.2 Å². The SMILES string of the molecule is C=CCn1c(=N)c(-c2nc3ccccc3s2)cc2c(=O)n3ccccc3nc21. The summed E-state index contributed by atoms with van der Waals surface area (Å²) in [6, 6.07) is 15.0. The predicted molar refractivity (Wildman–Crippen MR) is 112 cm³/mol. The Labute approximate surface area is 163 Å². The normalized spacial score (nSPS) is 11.4. The van der Waals surface area contributed by atoms with Crippen LogP contribution in [0.1, 0.15) is 0 Å². The Morgan fingerprint density at radius 3 is 2.79 bits per heavy atom. The molecule has 4 aromatic heterocycles. The minimum atomic E-state index is -0.166. The average Bonchev–Trinajstić information content (AvgIpc) is 3.14. The van der Waals surface area contributed by atoms with Gasteiger partial charge in [-0.05, 0) is 30.3 Å². The number of para-hydroxylation sites is 1. The van der Waals surface area contributed by atoms with Gasteiger partial charge < -0.3 is 4.57 Å². The maximum atomic E-state index is 13.1. The van der Waals surface area contributed by atoms with E-state index < -0.39 is 0 Å². The van der Waals surface area contributed by atoms with E-state index in [2.05, 4.69) is 16.5 Å². The molecule has 28 heavy (non-hydrogen) atoms. The molecule has 0 aliphatic rings. The molecule has 7 heteroatoms. The number of aromatic nitrogens is 4. The zero-order chi connectivity index (χ0) is 19.3. The number of hydrogen-bond acceptors (Lipinski definition) is 5. The zero-order valence-electron chi connectivity index (χ0n) is 14.8. The van der Waals surface area contributed by atoms with Crippen LogP contribution in [0.25, 0.3) is 37.5 Å². The molecule has 0 aliphatic carbocycles. The molecule has 1 aromatic carbocycles. The van der Waals surface area contributed by atoms with Gasteiger partial charge in [-0.15, -0.1) is 17.9 Å². The second-order valence-corrected chi connectivity index (χ2v) is 7.41. The average molecular weight is 385 g/mol. The van der Waals surface area contributed by atoms with Crippen molar-refractivity contribution in [1.82, 2.24) is 18.9 Å². The quantitative estimate of drug-likeness (QED) is 0.381. The largest absolute Gasteiger partial charge is 0.306 e. The van der Waals surface area contributed by atoms with E-state index in [0.29, 0.717) is 33.8 Å². The van der Waals surface area contributed by atoms with Gasteiger partial charge >= 0.3 is 0 Å². The summed E-state index contributed by atoms with van der Waals surface area (Å²) in [6.07, 6.45) is 3.40. The van der Waals surface area contributed by atoms with E-state index >= 15 is 0 Å². The van der Waals surface area contributed by atoms with Crippen LogP contribution in [-0.4, -0.2) is 18.9 Å². The smallest absolute Gasteiger partial charge is 0.267 e. The van der Waals surface area contributed by atoms with Crippen molar-refractivity contribution in [3.05, 3.63) is 83.2 Å². The molecule has 1 N–H and O–H groups in total. The number of allylic oxidation sites excluding steroid dienone is 1. The standard InChI is InChI=1S/C21H15N5OS/c1-2-10-26-18(22)13(20-23-15-7-3-4-8-16(15)28-20)12-14-19(26)24-17-9-5-6-11-25(17)21(14)27/h2-9,11-12,22H,1,10H2. The number of hydrogen-bond donors (Lipinski definition) is 1. The molecular formula is C21H15N5OS. The maximum Gasteiger partial charge on any atom is 0.267 e. The first-order chi connectivity index (χ1) is 13.7. The fourth-order valence-corrected chi connectivity index (χ4v) is 4.33. The lowest BCUT2D eigenvalue weighted by atomic mass is 10.2. The minimum Gasteiger partial charge on any atom is -0.306 e. The third-order valence-electron chi connectivity index (χ3n) is 4.65. The lowest BCUT2D eigenvalue weighted by molar-refractivity contribution is 0.773. The van der Waals surface area contributed by atoms with Crippen LogP contribution >= 0.6 is 11.3 Å². The summed E-state index contributed by atoms with van der Waals surface area (Å²) in [6.45, 7) is 4.18. The molecular weight excluding hydrogens is 370 g/mol. The first kappa shape index (κ1) is 16.6. The molecule has 0 aliphatic heterocycles. The van der Waals surface area contributed by atoms with Crippen molar-refractivity contribution in [3.63, 3.8) is 0 Å². The summed E-state index contributed by atoms with van der Waals surface area (Å²) in [5.41, 5.74) is 2.62. The topological polar surface area (TPSA) is 76.0 Å². The lowest BCUT2D eigenvalue weighted by Gasteiger charge is -2.12. The van der Waals surface area contributed by atoms with Gasteiger partial charge in [-0.3, -0.25) is 14.6 Å². The highest BCUT2D eigenvalue weighted by Gasteiger charge is 2.16. The Kier molecular flexibility index (Phi) is 3.70. The Morgan fingerprint density at radius 1 is 1.14 bits per heavy atom. The number of fused-ring (bicyclic) bond motifs is 3. The van der Waals surface area contributed by atoms with E-state index in [-0.39, 0.29) is 11.0 Å². The van der Waals surface area contributed by atoms with Crippen LogP contribution < -0.4 is 11.0 Å². The van der Waals surface area contributed by atoms with Gasteiger partial charge in [0.2, 0.25) is 0 Å². The molecule has 5 aromatic rings. The van der Waals surface area contributed by atoms with Crippen LogP contribution in [-0.2, 0) is 6.54 Å². The van der Waals surface area contributed by atoms with Crippen molar-refractivity contribution in [3.8, 4) is 10.6 Å². The molecule has 0 bridgehead atoms. The highest BCUT2D eigenvalue weighted by Crippen LogP contribution is 2.29. The minimum absolute atomic E-state index is 0.166. The molecule has 4 heterocycles. The third kappa shape index (κ3) is 2.40. The molecule has 136 valence electrons. The van der Waals surface area contributed by atoms with Gasteiger partial charge in [0.05, 0.1) is 21.2 Å². The fraction of sp³-hybridized carbons (Fsp3) is 0.0476. The molecule has 0 radical (unpaired) electrons. The van der Waals surface area contributed by atoms with Crippen molar-refractivity contribution < 1.29 is 0 Å². The summed E-state index contributed by atoms with van der Waals surface area (Å²) in [4.78, 5) is 22.4. The number of benzene rings is 1. The molecule has 0 fully saturated rings. The van der Waals surface area contributed by atoms with Gasteiger partial charge in [0, 0.05) is 12.7 Å². The highest BCUT2D eigenvalue weighted by atomic mass is 32.1. The van der Waals surface area contributed by atoms with Crippen LogP contribution in [0.2, 0.25) is 0 Å². The van der Waals surface area contributed by atoms with Gasteiger partial charge in [0.25, 0.3) is 5.56 Å². The summed E-state index contributed by atoms with van der Waals surface area (Å²) >= 11 is 1.51. The molecule has 0 saturated carbocycles. The molecule has 5 rings (SSSR count). The molecule has 0 saturated heterocycles. The van der Waals surface area contributed by atoms with Gasteiger partial charge in [-0.25, -0.2) is 9.97 Å². The van der Waals surface area contributed by atoms with Gasteiger partial charge in [0.1, 0.15) is 21.8 Å². The van der Waals surface area contributed by atoms with Crippen LogP contribution in [0.3, 0.4) is 0 Å². The molecule has 0 atom stereocenters.